The van der Waals surface area contributed by atoms with E-state index in [1.165, 1.54) is 0 Å². The van der Waals surface area contributed by atoms with Crippen LogP contribution in [0.3, 0.4) is 0 Å². The molecule has 1 aromatic rings. The Morgan fingerprint density at radius 3 is 2.58 bits per heavy atom. The van der Waals surface area contributed by atoms with Crippen LogP contribution in [0.15, 0.2) is 23.2 Å². The molecule has 4 N–H and O–H groups in total. The third-order valence-electron chi connectivity index (χ3n) is 3.57. The number of amides is 1. The van der Waals surface area contributed by atoms with Crippen LogP contribution in [0.4, 0.5) is 0 Å². The number of carbonyl (C=O) groups excluding carboxylic acids is 1. The van der Waals surface area contributed by atoms with Crippen molar-refractivity contribution in [2.75, 3.05) is 19.6 Å². The highest BCUT2D eigenvalue weighted by Gasteiger charge is 2.24. The summed E-state index contributed by atoms with van der Waals surface area (Å²) in [6, 6.07) is 5.54. The molecule has 0 fully saturated rings. The van der Waals surface area contributed by atoms with Gasteiger partial charge < -0.3 is 16.4 Å². The van der Waals surface area contributed by atoms with Crippen molar-refractivity contribution in [2.24, 2.45) is 16.1 Å². The Hall–Kier alpha value is -1.46. The van der Waals surface area contributed by atoms with E-state index in [0.717, 1.165) is 31.5 Å². The predicted molar refractivity (Wildman–Crippen MR) is 102 cm³/mol. The van der Waals surface area contributed by atoms with Gasteiger partial charge in [0.1, 0.15) is 0 Å². The third-order valence-corrected chi connectivity index (χ3v) is 4.16. The van der Waals surface area contributed by atoms with Gasteiger partial charge in [-0.3, -0.25) is 9.79 Å². The summed E-state index contributed by atoms with van der Waals surface area (Å²) in [5, 5.41) is 7.73. The van der Waals surface area contributed by atoms with Gasteiger partial charge in [-0.2, -0.15) is 0 Å². The van der Waals surface area contributed by atoms with Crippen LogP contribution < -0.4 is 16.4 Å². The van der Waals surface area contributed by atoms with E-state index in [1.807, 2.05) is 19.1 Å². The minimum Gasteiger partial charge on any atom is -0.369 e. The number of aliphatic imine (C=N–C) groups is 1. The Morgan fingerprint density at radius 1 is 1.29 bits per heavy atom. The number of primary amides is 1. The van der Waals surface area contributed by atoms with Gasteiger partial charge >= 0.3 is 0 Å². The Labute approximate surface area is 154 Å². The van der Waals surface area contributed by atoms with Crippen LogP contribution >= 0.6 is 23.2 Å². The number of aryl methyl sites for hydroxylation is 1. The lowest BCUT2D eigenvalue weighted by Gasteiger charge is -2.19. The van der Waals surface area contributed by atoms with Crippen LogP contribution in [0.2, 0.25) is 10.0 Å². The van der Waals surface area contributed by atoms with E-state index >= 15 is 0 Å². The second kappa shape index (κ2) is 9.74. The van der Waals surface area contributed by atoms with Crippen molar-refractivity contribution < 1.29 is 4.79 Å². The molecule has 0 saturated heterocycles. The number of nitrogens with two attached hydrogens (primary N) is 1. The van der Waals surface area contributed by atoms with Gasteiger partial charge in [0.05, 0.1) is 12.0 Å². The number of nitrogens with zero attached hydrogens (tertiary/aromatic N) is 1. The molecule has 0 unspecified atom stereocenters. The van der Waals surface area contributed by atoms with E-state index in [-0.39, 0.29) is 5.91 Å². The fourth-order valence-corrected chi connectivity index (χ4v) is 2.41. The lowest BCUT2D eigenvalue weighted by Crippen LogP contribution is -2.40. The van der Waals surface area contributed by atoms with Crippen LogP contribution in [0, 0.1) is 5.41 Å². The van der Waals surface area contributed by atoms with Crippen LogP contribution in [0.5, 0.6) is 0 Å². The number of benzene rings is 1. The Bertz CT molecular complexity index is 588. The van der Waals surface area contributed by atoms with Gasteiger partial charge in [-0.05, 0) is 51.3 Å². The molecule has 1 rings (SSSR count). The van der Waals surface area contributed by atoms with Crippen molar-refractivity contribution >= 4 is 35.1 Å². The number of guanidine groups is 1. The molecule has 0 atom stereocenters. The van der Waals surface area contributed by atoms with Crippen LogP contribution in [0.25, 0.3) is 0 Å². The normalized spacial score (nSPS) is 12.1. The first kappa shape index (κ1) is 20.6. The molecular weight excluding hydrogens is 347 g/mol. The maximum atomic E-state index is 11.4. The minimum absolute atomic E-state index is 0.334. The smallest absolute Gasteiger partial charge is 0.224 e. The summed E-state index contributed by atoms with van der Waals surface area (Å²) in [5.41, 5.74) is 5.77. The molecule has 0 heterocycles. The summed E-state index contributed by atoms with van der Waals surface area (Å²) in [6.45, 7) is 7.37. The molecular formula is C17H26Cl2N4O. The van der Waals surface area contributed by atoms with Gasteiger partial charge in [-0.1, -0.05) is 29.3 Å². The van der Waals surface area contributed by atoms with Crippen molar-refractivity contribution in [3.8, 4) is 0 Å². The maximum Gasteiger partial charge on any atom is 0.224 e. The number of halogens is 2. The molecule has 0 spiro atoms. The largest absolute Gasteiger partial charge is 0.369 e. The Balaban J connectivity index is 2.50. The van der Waals surface area contributed by atoms with Gasteiger partial charge in [0.15, 0.2) is 5.96 Å². The van der Waals surface area contributed by atoms with E-state index in [1.54, 1.807) is 19.9 Å². The molecule has 0 aromatic heterocycles. The highest BCUT2D eigenvalue weighted by molar-refractivity contribution is 6.35. The van der Waals surface area contributed by atoms with Crippen LogP contribution in [0.1, 0.15) is 32.8 Å². The molecule has 134 valence electrons. The van der Waals surface area contributed by atoms with Gasteiger partial charge in [-0.25, -0.2) is 0 Å². The van der Waals surface area contributed by atoms with Gasteiger partial charge in [-0.15, -0.1) is 0 Å². The first-order valence-electron chi connectivity index (χ1n) is 8.02. The zero-order valence-corrected chi connectivity index (χ0v) is 16.0. The molecule has 0 saturated carbocycles. The molecule has 5 nitrogen and oxygen atoms in total. The third kappa shape index (κ3) is 6.97. The summed E-state index contributed by atoms with van der Waals surface area (Å²) in [7, 11) is 0. The standard InChI is InChI=1S/C17H26Cl2N4O/c1-4-21-16(23-11-17(2,3)15(20)24)22-9-5-6-12-7-8-13(18)10-14(12)19/h7-8,10H,4-6,9,11H2,1-3H3,(H2,20,24)(H2,21,22,23). The summed E-state index contributed by atoms with van der Waals surface area (Å²) >= 11 is 12.1. The van der Waals surface area contributed by atoms with E-state index in [4.69, 9.17) is 28.9 Å². The highest BCUT2D eigenvalue weighted by atomic mass is 35.5. The van der Waals surface area contributed by atoms with Crippen molar-refractivity contribution in [3.05, 3.63) is 33.8 Å². The molecule has 7 heteroatoms. The maximum absolute atomic E-state index is 11.4. The van der Waals surface area contributed by atoms with E-state index in [2.05, 4.69) is 15.6 Å². The van der Waals surface area contributed by atoms with E-state index in [0.29, 0.717) is 22.5 Å². The topological polar surface area (TPSA) is 79.5 Å². The molecule has 0 aliphatic heterocycles. The number of rotatable bonds is 8. The quantitative estimate of drug-likeness (QED) is 0.372. The molecule has 0 aliphatic rings. The molecule has 24 heavy (non-hydrogen) atoms. The first-order valence-corrected chi connectivity index (χ1v) is 8.78. The van der Waals surface area contributed by atoms with E-state index < -0.39 is 5.41 Å². The number of hydrogen-bond donors (Lipinski definition) is 3. The van der Waals surface area contributed by atoms with E-state index in [9.17, 15) is 4.79 Å². The van der Waals surface area contributed by atoms with Crippen molar-refractivity contribution in [1.29, 1.82) is 0 Å². The van der Waals surface area contributed by atoms with Crippen LogP contribution in [-0.2, 0) is 11.2 Å². The fraction of sp³-hybridized carbons (Fsp3) is 0.529. The monoisotopic (exact) mass is 372 g/mol. The highest BCUT2D eigenvalue weighted by Crippen LogP contribution is 2.21. The average Bonchev–Trinajstić information content (AvgIpc) is 2.50. The van der Waals surface area contributed by atoms with Gasteiger partial charge in [0.2, 0.25) is 5.91 Å². The summed E-state index contributed by atoms with van der Waals surface area (Å²) < 4.78 is 0. The zero-order chi connectivity index (χ0) is 18.2. The zero-order valence-electron chi connectivity index (χ0n) is 14.5. The molecule has 1 aromatic carbocycles. The number of carbonyl (C=O) groups is 1. The molecule has 0 radical (unpaired) electrons. The second-order valence-electron chi connectivity index (χ2n) is 6.21. The average molecular weight is 373 g/mol. The van der Waals surface area contributed by atoms with Crippen molar-refractivity contribution in [1.82, 2.24) is 10.6 Å². The molecule has 1 amide bonds. The summed E-state index contributed by atoms with van der Waals surface area (Å²) in [5.74, 6) is 0.313. The summed E-state index contributed by atoms with van der Waals surface area (Å²) in [6.07, 6.45) is 1.74. The Kier molecular flexibility index (Phi) is 8.36. The van der Waals surface area contributed by atoms with Crippen LogP contribution in [-0.4, -0.2) is 31.5 Å². The number of hydrogen-bond acceptors (Lipinski definition) is 2. The Morgan fingerprint density at radius 2 is 2.00 bits per heavy atom. The van der Waals surface area contributed by atoms with Crippen molar-refractivity contribution in [3.63, 3.8) is 0 Å². The predicted octanol–water partition coefficient (Wildman–Crippen LogP) is 2.99. The molecule has 0 aliphatic carbocycles. The lowest BCUT2D eigenvalue weighted by atomic mass is 9.93. The molecule has 0 bridgehead atoms. The van der Waals surface area contributed by atoms with Gasteiger partial charge in [0.25, 0.3) is 0 Å². The minimum atomic E-state index is -0.667. The van der Waals surface area contributed by atoms with Gasteiger partial charge in [0, 0.05) is 23.1 Å². The fourth-order valence-electron chi connectivity index (χ4n) is 1.91. The lowest BCUT2D eigenvalue weighted by molar-refractivity contribution is -0.125. The van der Waals surface area contributed by atoms with Crippen molar-refractivity contribution in [2.45, 2.75) is 33.6 Å². The first-order chi connectivity index (χ1) is 11.3. The second-order valence-corrected chi connectivity index (χ2v) is 7.05. The summed E-state index contributed by atoms with van der Waals surface area (Å²) in [4.78, 5) is 15.8. The SMILES string of the molecule is CCNC(=NCC(C)(C)C(N)=O)NCCCc1ccc(Cl)cc1Cl. The number of nitrogens with one attached hydrogen (secondary N) is 2.